The fourth-order valence-electron chi connectivity index (χ4n) is 5.09. The molecule has 0 spiro atoms. The average molecular weight is 483 g/mol. The summed E-state index contributed by atoms with van der Waals surface area (Å²) in [6, 6.07) is 13.4. The van der Waals surface area contributed by atoms with Gasteiger partial charge in [-0.3, -0.25) is 9.59 Å². The second-order valence-electron chi connectivity index (χ2n) is 10.0. The number of carbonyl (C=O) groups excluding carboxylic acids is 2. The van der Waals surface area contributed by atoms with Crippen molar-refractivity contribution in [1.82, 2.24) is 9.80 Å². The first-order valence-electron chi connectivity index (χ1n) is 12.4. The molecule has 2 aromatic carbocycles. The van der Waals surface area contributed by atoms with Gasteiger partial charge in [-0.2, -0.15) is 0 Å². The Morgan fingerprint density at radius 3 is 2.35 bits per heavy atom. The molecular weight excluding hydrogens is 448 g/mol. The number of halogens is 1. The Labute approximate surface area is 208 Å². The molecule has 2 fully saturated rings. The van der Waals surface area contributed by atoms with Gasteiger partial charge in [0.15, 0.2) is 0 Å². The Balaban J connectivity index is 1.53. The van der Waals surface area contributed by atoms with Gasteiger partial charge in [0.25, 0.3) is 5.91 Å². The average Bonchev–Trinajstić information content (AvgIpc) is 2.85. The van der Waals surface area contributed by atoms with Gasteiger partial charge in [0.1, 0.15) is 5.75 Å². The van der Waals surface area contributed by atoms with E-state index < -0.39 is 5.41 Å². The summed E-state index contributed by atoms with van der Waals surface area (Å²) in [4.78, 5) is 30.5. The van der Waals surface area contributed by atoms with Gasteiger partial charge in [0, 0.05) is 48.6 Å². The topological polar surface area (TPSA) is 49.9 Å². The quantitative estimate of drug-likeness (QED) is 0.533. The van der Waals surface area contributed by atoms with E-state index in [0.717, 1.165) is 55.6 Å². The third-order valence-corrected chi connectivity index (χ3v) is 7.58. The number of hydrogen-bond donors (Lipinski definition) is 0. The van der Waals surface area contributed by atoms with E-state index in [0.29, 0.717) is 36.7 Å². The predicted molar refractivity (Wildman–Crippen MR) is 135 cm³/mol. The number of ether oxygens (including phenoxy) is 1. The van der Waals surface area contributed by atoms with Gasteiger partial charge < -0.3 is 14.5 Å². The fourth-order valence-corrected chi connectivity index (χ4v) is 5.21. The van der Waals surface area contributed by atoms with Crippen molar-refractivity contribution in [3.63, 3.8) is 0 Å². The molecule has 2 saturated heterocycles. The van der Waals surface area contributed by atoms with Crippen molar-refractivity contribution in [1.29, 1.82) is 0 Å². The third-order valence-electron chi connectivity index (χ3n) is 7.16. The lowest BCUT2D eigenvalue weighted by atomic mass is 9.77. The zero-order valence-corrected chi connectivity index (χ0v) is 21.1. The molecule has 0 aliphatic carbocycles. The summed E-state index contributed by atoms with van der Waals surface area (Å²) >= 11 is 6.18. The number of amides is 2. The molecule has 0 N–H and O–H groups in total. The van der Waals surface area contributed by atoms with Crippen LogP contribution < -0.4 is 4.74 Å². The molecule has 0 saturated carbocycles. The number of likely N-dealkylation sites (tertiary alicyclic amines) is 2. The van der Waals surface area contributed by atoms with Crippen LogP contribution in [0.4, 0.5) is 0 Å². The van der Waals surface area contributed by atoms with Crippen molar-refractivity contribution in [3.05, 3.63) is 64.2 Å². The molecule has 6 heteroatoms. The first-order chi connectivity index (χ1) is 16.3. The SMILES string of the molecule is Cc1ccc(C(=O)N2CCCC(COc3ccc(Cl)c(C)c3)(CC(=O)N3CCCCC3)C2)cc1. The van der Waals surface area contributed by atoms with Crippen molar-refractivity contribution < 1.29 is 14.3 Å². The van der Waals surface area contributed by atoms with Gasteiger partial charge in [0.2, 0.25) is 5.91 Å². The summed E-state index contributed by atoms with van der Waals surface area (Å²) in [6.07, 6.45) is 5.43. The number of nitrogens with zero attached hydrogens (tertiary/aromatic N) is 2. The van der Waals surface area contributed by atoms with Crippen LogP contribution in [0.1, 0.15) is 60.0 Å². The minimum absolute atomic E-state index is 0.0248. The summed E-state index contributed by atoms with van der Waals surface area (Å²) in [5.41, 5.74) is 2.36. The highest BCUT2D eigenvalue weighted by atomic mass is 35.5. The van der Waals surface area contributed by atoms with Crippen LogP contribution in [0, 0.1) is 19.3 Å². The van der Waals surface area contributed by atoms with Crippen LogP contribution in [0.15, 0.2) is 42.5 Å². The zero-order valence-electron chi connectivity index (χ0n) is 20.3. The van der Waals surface area contributed by atoms with E-state index in [9.17, 15) is 9.59 Å². The maximum absolute atomic E-state index is 13.3. The van der Waals surface area contributed by atoms with E-state index in [4.69, 9.17) is 16.3 Å². The van der Waals surface area contributed by atoms with E-state index in [1.54, 1.807) is 0 Å². The molecule has 182 valence electrons. The summed E-state index contributed by atoms with van der Waals surface area (Å²) in [5, 5.41) is 0.704. The lowest BCUT2D eigenvalue weighted by Crippen LogP contribution is -2.51. The molecule has 0 aromatic heterocycles. The lowest BCUT2D eigenvalue weighted by Gasteiger charge is -2.43. The Morgan fingerprint density at radius 2 is 1.65 bits per heavy atom. The Hall–Kier alpha value is -2.53. The van der Waals surface area contributed by atoms with E-state index in [2.05, 4.69) is 0 Å². The lowest BCUT2D eigenvalue weighted by molar-refractivity contribution is -0.136. The Bertz CT molecular complexity index is 1020. The molecule has 5 nitrogen and oxygen atoms in total. The molecule has 1 atom stereocenters. The van der Waals surface area contributed by atoms with Crippen LogP contribution >= 0.6 is 11.6 Å². The normalized spacial score (nSPS) is 20.8. The highest BCUT2D eigenvalue weighted by Gasteiger charge is 2.41. The van der Waals surface area contributed by atoms with Crippen LogP contribution in [0.3, 0.4) is 0 Å². The smallest absolute Gasteiger partial charge is 0.253 e. The first-order valence-corrected chi connectivity index (χ1v) is 12.8. The number of piperidine rings is 2. The molecule has 2 aromatic rings. The first kappa shape index (κ1) is 24.6. The molecular formula is C28H35ClN2O3. The van der Waals surface area contributed by atoms with Crippen molar-refractivity contribution >= 4 is 23.4 Å². The predicted octanol–water partition coefficient (Wildman–Crippen LogP) is 5.66. The Morgan fingerprint density at radius 1 is 0.941 bits per heavy atom. The zero-order chi connectivity index (χ0) is 24.1. The van der Waals surface area contributed by atoms with Crippen molar-refractivity contribution in [2.24, 2.45) is 5.41 Å². The third kappa shape index (κ3) is 5.93. The molecule has 2 aliphatic rings. The van der Waals surface area contributed by atoms with Crippen LogP contribution in [0.2, 0.25) is 5.02 Å². The van der Waals surface area contributed by atoms with Crippen LogP contribution in [-0.2, 0) is 4.79 Å². The number of rotatable bonds is 6. The maximum atomic E-state index is 13.3. The van der Waals surface area contributed by atoms with Crippen molar-refractivity contribution in [2.45, 2.75) is 52.4 Å². The number of carbonyl (C=O) groups is 2. The summed E-state index contributed by atoms with van der Waals surface area (Å²) in [5.74, 6) is 0.950. The second kappa shape index (κ2) is 10.8. The van der Waals surface area contributed by atoms with Crippen LogP contribution in [0.5, 0.6) is 5.75 Å². The Kier molecular flexibility index (Phi) is 7.82. The minimum Gasteiger partial charge on any atom is -0.493 e. The molecule has 2 amide bonds. The van der Waals surface area contributed by atoms with E-state index in [1.165, 1.54) is 6.42 Å². The van der Waals surface area contributed by atoms with E-state index >= 15 is 0 Å². The maximum Gasteiger partial charge on any atom is 0.253 e. The van der Waals surface area contributed by atoms with Gasteiger partial charge in [-0.05, 0) is 81.8 Å². The molecule has 2 aliphatic heterocycles. The second-order valence-corrected chi connectivity index (χ2v) is 10.4. The van der Waals surface area contributed by atoms with Gasteiger partial charge in [-0.1, -0.05) is 29.3 Å². The number of aryl methyl sites for hydroxylation is 2. The van der Waals surface area contributed by atoms with Gasteiger partial charge in [-0.25, -0.2) is 0 Å². The van der Waals surface area contributed by atoms with Crippen molar-refractivity contribution in [2.75, 3.05) is 32.8 Å². The molecule has 0 radical (unpaired) electrons. The largest absolute Gasteiger partial charge is 0.493 e. The minimum atomic E-state index is -0.416. The van der Waals surface area contributed by atoms with Crippen LogP contribution in [-0.4, -0.2) is 54.4 Å². The summed E-state index contributed by atoms with van der Waals surface area (Å²) in [6.45, 7) is 7.25. The number of benzene rings is 2. The standard InChI is InChI=1S/C28H35ClN2O3/c1-21-7-9-23(10-8-21)27(33)31-16-6-13-28(19-31,18-26(32)30-14-4-3-5-15-30)20-34-24-11-12-25(29)22(2)17-24/h7-12,17H,3-6,13-16,18-20H2,1-2H3. The van der Waals surface area contributed by atoms with E-state index in [-0.39, 0.29) is 11.8 Å². The van der Waals surface area contributed by atoms with Gasteiger partial charge >= 0.3 is 0 Å². The molecule has 2 heterocycles. The molecule has 34 heavy (non-hydrogen) atoms. The van der Waals surface area contributed by atoms with Gasteiger partial charge in [0.05, 0.1) is 6.61 Å². The molecule has 4 rings (SSSR count). The highest BCUT2D eigenvalue weighted by Crippen LogP contribution is 2.36. The summed E-state index contributed by atoms with van der Waals surface area (Å²) in [7, 11) is 0. The van der Waals surface area contributed by atoms with Gasteiger partial charge in [-0.15, -0.1) is 0 Å². The molecule has 1 unspecified atom stereocenters. The van der Waals surface area contributed by atoms with E-state index in [1.807, 2.05) is 66.1 Å². The van der Waals surface area contributed by atoms with Crippen LogP contribution in [0.25, 0.3) is 0 Å². The molecule has 0 bridgehead atoms. The summed E-state index contributed by atoms with van der Waals surface area (Å²) < 4.78 is 6.26. The fraction of sp³-hybridized carbons (Fsp3) is 0.500. The number of hydrogen-bond acceptors (Lipinski definition) is 3. The van der Waals surface area contributed by atoms with Crippen molar-refractivity contribution in [3.8, 4) is 5.75 Å². The highest BCUT2D eigenvalue weighted by molar-refractivity contribution is 6.31. The monoisotopic (exact) mass is 482 g/mol.